The van der Waals surface area contributed by atoms with Crippen LogP contribution in [-0.4, -0.2) is 14.8 Å². The highest BCUT2D eigenvalue weighted by atomic mass is 28.2. The third-order valence-corrected chi connectivity index (χ3v) is 1.27. The Labute approximate surface area is 34.0 Å². The Morgan fingerprint density at radius 1 is 1.60 bits per heavy atom. The van der Waals surface area contributed by atoms with E-state index in [0.29, 0.717) is 0 Å². The minimum atomic E-state index is 0.948. The maximum Gasteiger partial charge on any atom is -0.0829 e. The van der Waals surface area contributed by atoms with Gasteiger partial charge in [0.25, 0.3) is 0 Å². The topological polar surface area (TPSA) is 0 Å². The van der Waals surface area contributed by atoms with Crippen LogP contribution in [0, 0.1) is 6.42 Å². The average molecular weight is 80.2 g/mol. The van der Waals surface area contributed by atoms with Crippen LogP contribution in [0.5, 0.6) is 0 Å². The first-order valence-electron chi connectivity index (χ1n) is 1.58. The molecule has 0 saturated heterocycles. The maximum absolute atomic E-state index is 2.15. The van der Waals surface area contributed by atoms with Gasteiger partial charge in [-0.2, -0.15) is 5.67 Å². The van der Waals surface area contributed by atoms with E-state index in [-0.39, 0.29) is 0 Å². The number of hydrogen-bond donors (Lipinski definition) is 0. The monoisotopic (exact) mass is 80.0 g/mol. The molecule has 0 saturated carbocycles. The summed E-state index contributed by atoms with van der Waals surface area (Å²) in [4.78, 5) is 0. The van der Waals surface area contributed by atoms with E-state index in [1.807, 2.05) is 0 Å². The van der Waals surface area contributed by atoms with Gasteiger partial charge in [0.15, 0.2) is 0 Å². The molecule has 0 N–H and O–H groups in total. The molecular formula is C4H4Si-. The molecule has 0 unspecified atom stereocenters. The van der Waals surface area contributed by atoms with Crippen molar-refractivity contribution in [2.45, 2.75) is 0 Å². The van der Waals surface area contributed by atoms with Crippen LogP contribution in [-0.2, 0) is 0 Å². The van der Waals surface area contributed by atoms with E-state index >= 15 is 0 Å². The van der Waals surface area contributed by atoms with Crippen LogP contribution >= 0.6 is 0 Å². The maximum atomic E-state index is 2.15. The van der Waals surface area contributed by atoms with Crippen LogP contribution in [0.3, 0.4) is 0 Å². The van der Waals surface area contributed by atoms with E-state index in [2.05, 4.69) is 23.9 Å². The molecule has 0 aromatic heterocycles. The summed E-state index contributed by atoms with van der Waals surface area (Å²) in [6, 6.07) is 0. The Bertz CT molecular complexity index is 61.7. The van der Waals surface area contributed by atoms with E-state index in [9.17, 15) is 0 Å². The predicted octanol–water partition coefficient (Wildman–Crippen LogP) is 0.224. The molecule has 0 aromatic carbocycles. The summed E-state index contributed by atoms with van der Waals surface area (Å²) in [5.74, 6) is 0. The fraction of sp³-hybridized carbons (Fsp3) is 0. The smallest absolute Gasteiger partial charge is 0.0829 e. The van der Waals surface area contributed by atoms with Crippen molar-refractivity contribution in [1.29, 1.82) is 0 Å². The van der Waals surface area contributed by atoms with Crippen LogP contribution in [0.2, 0.25) is 0 Å². The molecule has 1 heteroatoms. The summed E-state index contributed by atoms with van der Waals surface area (Å²) in [7, 11) is 0.948. The number of hydrogen-bond acceptors (Lipinski definition) is 0. The van der Waals surface area contributed by atoms with Crippen LogP contribution in [0.1, 0.15) is 0 Å². The lowest BCUT2D eigenvalue weighted by Crippen LogP contribution is -1.63. The highest BCUT2D eigenvalue weighted by Crippen LogP contribution is 1.76. The van der Waals surface area contributed by atoms with Crippen molar-refractivity contribution < 1.29 is 0 Å². The van der Waals surface area contributed by atoms with Gasteiger partial charge in [0.05, 0.1) is 0 Å². The highest BCUT2D eigenvalue weighted by molar-refractivity contribution is 6.55. The molecular weight excluding hydrogens is 76.1 g/mol. The summed E-state index contributed by atoms with van der Waals surface area (Å²) >= 11 is 0. The van der Waals surface area contributed by atoms with Crippen molar-refractivity contribution in [3.63, 3.8) is 0 Å². The molecule has 1 radical (unpaired) electrons. The first kappa shape index (κ1) is 2.91. The van der Waals surface area contributed by atoms with Gasteiger partial charge in [-0.25, -0.2) is 18.2 Å². The summed E-state index contributed by atoms with van der Waals surface area (Å²) < 4.78 is 0. The Morgan fingerprint density at radius 2 is 2.60 bits per heavy atom. The zero-order valence-corrected chi connectivity index (χ0v) is 3.81. The molecule has 0 spiro atoms. The van der Waals surface area contributed by atoms with Crippen LogP contribution in [0.25, 0.3) is 0 Å². The summed E-state index contributed by atoms with van der Waals surface area (Å²) in [6.07, 6.45) is 4.14. The van der Waals surface area contributed by atoms with Gasteiger partial charge < -0.3 is 0 Å². The van der Waals surface area contributed by atoms with E-state index in [0.717, 1.165) is 9.13 Å². The van der Waals surface area contributed by atoms with Crippen LogP contribution in [0.4, 0.5) is 0 Å². The Kier molecular flexibility index (Phi) is 0.709. The van der Waals surface area contributed by atoms with Gasteiger partial charge in [-0.15, -0.1) is 0 Å². The lowest BCUT2D eigenvalue weighted by molar-refractivity contribution is 2.03. The van der Waals surface area contributed by atoms with Crippen LogP contribution in [0.15, 0.2) is 11.8 Å². The van der Waals surface area contributed by atoms with Gasteiger partial charge >= 0.3 is 0 Å². The normalized spacial score (nSPS) is 16.0. The Morgan fingerprint density at radius 3 is 2.80 bits per heavy atom. The SMILES string of the molecule is C1=C[Si]=C[CH-]1. The molecule has 1 aliphatic rings. The second-order valence-corrected chi connectivity index (χ2v) is 1.88. The third kappa shape index (κ3) is 0.483. The van der Waals surface area contributed by atoms with Gasteiger partial charge in [-0.3, -0.25) is 0 Å². The fourth-order valence-electron chi connectivity index (χ4n) is 0.278. The van der Waals surface area contributed by atoms with Gasteiger partial charge in [0.2, 0.25) is 0 Å². The molecule has 0 fully saturated rings. The van der Waals surface area contributed by atoms with Crippen LogP contribution < -0.4 is 0 Å². The Hall–Kier alpha value is -0.303. The second kappa shape index (κ2) is 1.22. The number of allylic oxidation sites excluding steroid dienone is 1. The molecule has 5 heavy (non-hydrogen) atoms. The van der Waals surface area contributed by atoms with Crippen molar-refractivity contribution in [2.75, 3.05) is 0 Å². The molecule has 0 amide bonds. The molecule has 25 valence electrons. The highest BCUT2D eigenvalue weighted by Gasteiger charge is 1.59. The van der Waals surface area contributed by atoms with Gasteiger partial charge in [0, 0.05) is 0 Å². The molecule has 1 aliphatic heterocycles. The second-order valence-electron chi connectivity index (χ2n) is 0.885. The first-order valence-corrected chi connectivity index (χ1v) is 2.73. The molecule has 0 nitrogen and oxygen atoms in total. The molecule has 0 aliphatic carbocycles. The zero-order chi connectivity index (χ0) is 3.54. The van der Waals surface area contributed by atoms with E-state index < -0.39 is 0 Å². The summed E-state index contributed by atoms with van der Waals surface area (Å²) in [6.45, 7) is 0. The van der Waals surface area contributed by atoms with Gasteiger partial charge in [-0.1, -0.05) is 9.13 Å². The average Bonchev–Trinajstić information content (AvgIpc) is 1.76. The first-order chi connectivity index (χ1) is 2.50. The molecule has 1 rings (SSSR count). The van der Waals surface area contributed by atoms with Crippen molar-refractivity contribution in [3.8, 4) is 0 Å². The van der Waals surface area contributed by atoms with Crippen molar-refractivity contribution in [2.24, 2.45) is 0 Å². The molecule has 0 aromatic rings. The van der Waals surface area contributed by atoms with E-state index in [1.165, 1.54) is 0 Å². The lowest BCUT2D eigenvalue weighted by Gasteiger charge is -1.72. The van der Waals surface area contributed by atoms with Gasteiger partial charge in [0.1, 0.15) is 0 Å². The van der Waals surface area contributed by atoms with E-state index in [4.69, 9.17) is 0 Å². The van der Waals surface area contributed by atoms with Crippen molar-refractivity contribution in [3.05, 3.63) is 18.2 Å². The summed E-state index contributed by atoms with van der Waals surface area (Å²) in [5.41, 5.74) is 4.31. The third-order valence-electron chi connectivity index (χ3n) is 0.496. The lowest BCUT2D eigenvalue weighted by atomic mass is 10.5. The zero-order valence-electron chi connectivity index (χ0n) is 2.81. The van der Waals surface area contributed by atoms with E-state index in [1.54, 1.807) is 0 Å². The molecule has 0 atom stereocenters. The number of rotatable bonds is 0. The summed E-state index contributed by atoms with van der Waals surface area (Å²) in [5, 5.41) is 0. The standard InChI is InChI=1S/C4H4Si/c1-2-4-5-3-1/h1-4H/q-1. The minimum absolute atomic E-state index is 0.948. The fourth-order valence-corrected chi connectivity index (χ4v) is 0.833. The minimum Gasteiger partial charge on any atom is -0.228 e. The quantitative estimate of drug-likeness (QED) is 0.288. The molecule has 1 heterocycles. The predicted molar refractivity (Wildman–Crippen MR) is 25.3 cm³/mol. The largest absolute Gasteiger partial charge is 0.228 e. The molecule has 0 bridgehead atoms. The Balaban J connectivity index is 2.61. The van der Waals surface area contributed by atoms with Crippen molar-refractivity contribution in [1.82, 2.24) is 0 Å². The van der Waals surface area contributed by atoms with Gasteiger partial charge in [-0.05, 0) is 0 Å². The van der Waals surface area contributed by atoms with Crippen molar-refractivity contribution >= 4 is 14.8 Å².